The summed E-state index contributed by atoms with van der Waals surface area (Å²) in [6.45, 7) is 6.62. The summed E-state index contributed by atoms with van der Waals surface area (Å²) >= 11 is 1.29. The fraction of sp³-hybridized carbons (Fsp3) is 0.350. The van der Waals surface area contributed by atoms with E-state index in [1.54, 1.807) is 6.07 Å². The van der Waals surface area contributed by atoms with Crippen LogP contribution in [0.3, 0.4) is 0 Å². The summed E-state index contributed by atoms with van der Waals surface area (Å²) < 4.78 is 23.7. The van der Waals surface area contributed by atoms with Gasteiger partial charge in [0.05, 0.1) is 25.0 Å². The minimum Gasteiger partial charge on any atom is -0.490 e. The Morgan fingerprint density at radius 3 is 2.74 bits per heavy atom. The molecule has 0 saturated carbocycles. The Kier molecular flexibility index (Phi) is 6.47. The molecule has 2 aromatic carbocycles. The van der Waals surface area contributed by atoms with Gasteiger partial charge in [-0.25, -0.2) is 9.10 Å². The number of amides is 1. The standard InChI is InChI=1S/C20H23NO5S/c1-4-24-18-11-16(10-15-12-23-13-25-19(15)18)21(20(22)26-14(2)3)27-17-8-6-5-7-9-17/h5-11,14H,4,12-13H2,1-3H3. The van der Waals surface area contributed by atoms with Gasteiger partial charge < -0.3 is 18.9 Å². The van der Waals surface area contributed by atoms with E-state index in [0.29, 0.717) is 30.4 Å². The van der Waals surface area contributed by atoms with Gasteiger partial charge in [0, 0.05) is 16.5 Å². The maximum Gasteiger partial charge on any atom is 0.425 e. The van der Waals surface area contributed by atoms with E-state index < -0.39 is 6.09 Å². The molecule has 6 nitrogen and oxygen atoms in total. The van der Waals surface area contributed by atoms with Gasteiger partial charge in [0.2, 0.25) is 0 Å². The first-order valence-corrected chi connectivity index (χ1v) is 9.59. The number of nitrogens with zero attached hydrogens (tertiary/aromatic N) is 1. The number of carbonyl (C=O) groups is 1. The van der Waals surface area contributed by atoms with Crippen LogP contribution in [0.15, 0.2) is 47.4 Å². The molecular weight excluding hydrogens is 366 g/mol. The molecule has 1 heterocycles. The monoisotopic (exact) mass is 389 g/mol. The van der Waals surface area contributed by atoms with E-state index in [1.165, 1.54) is 16.3 Å². The summed E-state index contributed by atoms with van der Waals surface area (Å²) in [6.07, 6.45) is -0.675. The number of hydrogen-bond donors (Lipinski definition) is 0. The highest BCUT2D eigenvalue weighted by Gasteiger charge is 2.25. The summed E-state index contributed by atoms with van der Waals surface area (Å²) in [6, 6.07) is 13.3. The van der Waals surface area contributed by atoms with Crippen LogP contribution >= 0.6 is 11.9 Å². The van der Waals surface area contributed by atoms with Gasteiger partial charge in [0.15, 0.2) is 18.3 Å². The average molecular weight is 389 g/mol. The van der Waals surface area contributed by atoms with Crippen LogP contribution < -0.4 is 13.8 Å². The van der Waals surface area contributed by atoms with Gasteiger partial charge in [0.25, 0.3) is 0 Å². The van der Waals surface area contributed by atoms with E-state index in [0.717, 1.165) is 10.5 Å². The molecule has 0 radical (unpaired) electrons. The van der Waals surface area contributed by atoms with Gasteiger partial charge in [-0.15, -0.1) is 0 Å². The summed E-state index contributed by atoms with van der Waals surface area (Å²) in [5.74, 6) is 1.25. The Bertz CT molecular complexity index is 781. The van der Waals surface area contributed by atoms with Crippen LogP contribution in [0.5, 0.6) is 11.5 Å². The van der Waals surface area contributed by atoms with Gasteiger partial charge >= 0.3 is 6.09 Å². The third-order valence-electron chi connectivity index (χ3n) is 3.64. The van der Waals surface area contributed by atoms with Crippen molar-refractivity contribution in [3.63, 3.8) is 0 Å². The number of benzene rings is 2. The highest BCUT2D eigenvalue weighted by atomic mass is 32.2. The highest BCUT2D eigenvalue weighted by Crippen LogP contribution is 2.41. The summed E-state index contributed by atoms with van der Waals surface area (Å²) in [5, 5.41) is 0. The van der Waals surface area contributed by atoms with Crippen LogP contribution in [-0.4, -0.2) is 25.6 Å². The Hall–Kier alpha value is -2.38. The zero-order chi connectivity index (χ0) is 19.2. The molecule has 0 atom stereocenters. The average Bonchev–Trinajstić information content (AvgIpc) is 2.66. The van der Waals surface area contributed by atoms with Crippen molar-refractivity contribution in [2.24, 2.45) is 0 Å². The first-order valence-electron chi connectivity index (χ1n) is 8.82. The lowest BCUT2D eigenvalue weighted by molar-refractivity contribution is -0.0182. The molecule has 0 spiro atoms. The number of anilines is 1. The van der Waals surface area contributed by atoms with E-state index in [1.807, 2.05) is 57.2 Å². The Morgan fingerprint density at radius 1 is 1.26 bits per heavy atom. The molecular formula is C20H23NO5S. The van der Waals surface area contributed by atoms with Crippen molar-refractivity contribution in [2.45, 2.75) is 38.4 Å². The molecule has 0 bridgehead atoms. The van der Waals surface area contributed by atoms with Crippen molar-refractivity contribution in [1.82, 2.24) is 0 Å². The number of fused-ring (bicyclic) bond motifs is 1. The molecule has 3 rings (SSSR count). The molecule has 0 saturated heterocycles. The normalized spacial score (nSPS) is 12.9. The fourth-order valence-electron chi connectivity index (χ4n) is 2.58. The summed E-state index contributed by atoms with van der Waals surface area (Å²) in [5.41, 5.74) is 1.48. The van der Waals surface area contributed by atoms with Crippen molar-refractivity contribution < 1.29 is 23.7 Å². The van der Waals surface area contributed by atoms with Gasteiger partial charge in [-0.05, 0) is 50.9 Å². The predicted octanol–water partition coefficient (Wildman–Crippen LogP) is 5.01. The maximum absolute atomic E-state index is 12.8. The van der Waals surface area contributed by atoms with Crippen molar-refractivity contribution in [2.75, 3.05) is 17.7 Å². The minimum atomic E-state index is -0.445. The van der Waals surface area contributed by atoms with Crippen molar-refractivity contribution >= 4 is 23.7 Å². The Labute approximate surface area is 163 Å². The number of ether oxygens (including phenoxy) is 4. The molecule has 0 aliphatic carbocycles. The molecule has 144 valence electrons. The quantitative estimate of drug-likeness (QED) is 0.647. The molecule has 0 N–H and O–H groups in total. The van der Waals surface area contributed by atoms with Crippen LogP contribution in [0.4, 0.5) is 10.5 Å². The van der Waals surface area contributed by atoms with E-state index in [9.17, 15) is 4.79 Å². The number of carbonyl (C=O) groups excluding carboxylic acids is 1. The molecule has 27 heavy (non-hydrogen) atoms. The molecule has 1 amide bonds. The fourth-order valence-corrected chi connectivity index (χ4v) is 3.40. The van der Waals surface area contributed by atoms with Crippen molar-refractivity contribution in [3.8, 4) is 11.5 Å². The van der Waals surface area contributed by atoms with Gasteiger partial charge in [0.1, 0.15) is 0 Å². The number of hydrogen-bond acceptors (Lipinski definition) is 6. The zero-order valence-electron chi connectivity index (χ0n) is 15.6. The minimum absolute atomic E-state index is 0.185. The summed E-state index contributed by atoms with van der Waals surface area (Å²) in [4.78, 5) is 13.7. The topological polar surface area (TPSA) is 57.2 Å². The van der Waals surface area contributed by atoms with Gasteiger partial charge in [-0.2, -0.15) is 0 Å². The lowest BCUT2D eigenvalue weighted by Crippen LogP contribution is -2.27. The first kappa shape index (κ1) is 19.4. The third kappa shape index (κ3) is 4.87. The second-order valence-corrected chi connectivity index (χ2v) is 7.13. The predicted molar refractivity (Wildman–Crippen MR) is 104 cm³/mol. The van der Waals surface area contributed by atoms with E-state index in [2.05, 4.69) is 0 Å². The van der Waals surface area contributed by atoms with E-state index >= 15 is 0 Å². The molecule has 1 aliphatic rings. The lowest BCUT2D eigenvalue weighted by Gasteiger charge is -2.26. The van der Waals surface area contributed by atoms with Crippen molar-refractivity contribution in [3.05, 3.63) is 48.0 Å². The molecule has 0 fully saturated rings. The van der Waals surface area contributed by atoms with Crippen LogP contribution in [0.1, 0.15) is 26.3 Å². The molecule has 0 aromatic heterocycles. The molecule has 1 aliphatic heterocycles. The molecule has 7 heteroatoms. The third-order valence-corrected chi connectivity index (χ3v) is 4.66. The van der Waals surface area contributed by atoms with Crippen LogP contribution in [0, 0.1) is 0 Å². The van der Waals surface area contributed by atoms with Crippen LogP contribution in [0.25, 0.3) is 0 Å². The second-order valence-electron chi connectivity index (χ2n) is 6.11. The van der Waals surface area contributed by atoms with Crippen LogP contribution in [0.2, 0.25) is 0 Å². The van der Waals surface area contributed by atoms with Crippen molar-refractivity contribution in [1.29, 1.82) is 0 Å². The molecule has 2 aromatic rings. The summed E-state index contributed by atoms with van der Waals surface area (Å²) in [7, 11) is 0. The smallest absolute Gasteiger partial charge is 0.425 e. The number of rotatable bonds is 6. The Morgan fingerprint density at radius 2 is 2.04 bits per heavy atom. The maximum atomic E-state index is 12.8. The second kappa shape index (κ2) is 9.01. The highest BCUT2D eigenvalue weighted by molar-refractivity contribution is 8.01. The van der Waals surface area contributed by atoms with E-state index in [4.69, 9.17) is 18.9 Å². The zero-order valence-corrected chi connectivity index (χ0v) is 16.5. The molecule has 0 unspecified atom stereocenters. The lowest BCUT2D eigenvalue weighted by atomic mass is 10.1. The largest absolute Gasteiger partial charge is 0.490 e. The van der Waals surface area contributed by atoms with Crippen LogP contribution in [-0.2, 0) is 16.1 Å². The van der Waals surface area contributed by atoms with Gasteiger partial charge in [-0.3, -0.25) is 0 Å². The van der Waals surface area contributed by atoms with E-state index in [-0.39, 0.29) is 12.9 Å². The van der Waals surface area contributed by atoms with Gasteiger partial charge in [-0.1, -0.05) is 18.2 Å². The first-order chi connectivity index (χ1) is 13.1. The SMILES string of the molecule is CCOc1cc(N(Sc2ccccc2)C(=O)OC(C)C)cc2c1OCOC2. The Balaban J connectivity index is 1.99.